The van der Waals surface area contributed by atoms with Crippen LogP contribution in [-0.2, 0) is 13.1 Å². The number of anilines is 2. The van der Waals surface area contributed by atoms with Gasteiger partial charge in [-0.15, -0.1) is 0 Å². The minimum atomic E-state index is -0.345. The number of nitrogens with one attached hydrogen (secondary N) is 2. The van der Waals surface area contributed by atoms with Crippen LogP contribution < -0.4 is 15.5 Å². The monoisotopic (exact) mass is 290 g/mol. The zero-order valence-corrected chi connectivity index (χ0v) is 12.2. The van der Waals surface area contributed by atoms with E-state index in [-0.39, 0.29) is 6.03 Å². The minimum Gasteiger partial charge on any atom is -0.347 e. The Kier molecular flexibility index (Phi) is 4.64. The Morgan fingerprint density at radius 3 is 2.57 bits per heavy atom. The van der Waals surface area contributed by atoms with Crippen LogP contribution in [0.5, 0.6) is 0 Å². The molecule has 2 aromatic rings. The molecule has 0 aromatic carbocycles. The molecule has 0 atom stereocenters. The SMILES string of the molecule is CCn1ncc(CNC(=O)Nc2cnc(N(C)C)nc2)n1. The van der Waals surface area contributed by atoms with Crippen LogP contribution in [0.25, 0.3) is 0 Å². The summed E-state index contributed by atoms with van der Waals surface area (Å²) in [6, 6.07) is -0.345. The second-order valence-corrected chi connectivity index (χ2v) is 4.50. The number of hydrogen-bond acceptors (Lipinski definition) is 6. The summed E-state index contributed by atoms with van der Waals surface area (Å²) in [5.74, 6) is 0.581. The quantitative estimate of drug-likeness (QED) is 0.830. The minimum absolute atomic E-state index is 0.308. The Morgan fingerprint density at radius 1 is 1.29 bits per heavy atom. The number of amides is 2. The number of nitrogens with zero attached hydrogens (tertiary/aromatic N) is 6. The first-order chi connectivity index (χ1) is 10.1. The molecule has 0 radical (unpaired) electrons. The summed E-state index contributed by atoms with van der Waals surface area (Å²) in [6.07, 6.45) is 4.73. The maximum atomic E-state index is 11.7. The third-order valence-electron chi connectivity index (χ3n) is 2.59. The first kappa shape index (κ1) is 14.7. The molecular formula is C12H18N8O. The highest BCUT2D eigenvalue weighted by atomic mass is 16.2. The Balaban J connectivity index is 1.83. The van der Waals surface area contributed by atoms with E-state index in [4.69, 9.17) is 0 Å². The van der Waals surface area contributed by atoms with Crippen molar-refractivity contribution in [3.05, 3.63) is 24.3 Å². The van der Waals surface area contributed by atoms with Gasteiger partial charge in [-0.3, -0.25) is 0 Å². The van der Waals surface area contributed by atoms with Gasteiger partial charge in [0, 0.05) is 14.1 Å². The third kappa shape index (κ3) is 4.13. The second kappa shape index (κ2) is 6.64. The van der Waals surface area contributed by atoms with E-state index in [1.807, 2.05) is 21.0 Å². The lowest BCUT2D eigenvalue weighted by Gasteiger charge is -2.10. The average Bonchev–Trinajstić information content (AvgIpc) is 2.94. The molecule has 2 aromatic heterocycles. The molecule has 0 unspecified atom stereocenters. The number of aryl methyl sites for hydroxylation is 1. The van der Waals surface area contributed by atoms with E-state index in [2.05, 4.69) is 30.8 Å². The predicted molar refractivity (Wildman–Crippen MR) is 77.9 cm³/mol. The molecular weight excluding hydrogens is 272 g/mol. The van der Waals surface area contributed by atoms with Crippen molar-refractivity contribution in [1.82, 2.24) is 30.3 Å². The van der Waals surface area contributed by atoms with E-state index >= 15 is 0 Å². The third-order valence-corrected chi connectivity index (χ3v) is 2.59. The number of rotatable bonds is 5. The van der Waals surface area contributed by atoms with E-state index in [1.54, 1.807) is 28.3 Å². The molecule has 0 spiro atoms. The maximum absolute atomic E-state index is 11.7. The number of urea groups is 1. The van der Waals surface area contributed by atoms with Gasteiger partial charge in [-0.1, -0.05) is 0 Å². The van der Waals surface area contributed by atoms with E-state index in [9.17, 15) is 4.79 Å². The summed E-state index contributed by atoms with van der Waals surface area (Å²) in [7, 11) is 3.69. The molecule has 0 fully saturated rings. The van der Waals surface area contributed by atoms with Crippen molar-refractivity contribution in [2.24, 2.45) is 0 Å². The van der Waals surface area contributed by atoms with Crippen LogP contribution in [0, 0.1) is 0 Å². The zero-order chi connectivity index (χ0) is 15.2. The summed E-state index contributed by atoms with van der Waals surface area (Å²) >= 11 is 0. The van der Waals surface area contributed by atoms with Gasteiger partial charge < -0.3 is 15.5 Å². The number of aromatic nitrogens is 5. The van der Waals surface area contributed by atoms with Crippen LogP contribution in [0.4, 0.5) is 16.4 Å². The fraction of sp³-hybridized carbons (Fsp3) is 0.417. The van der Waals surface area contributed by atoms with Crippen molar-refractivity contribution < 1.29 is 4.79 Å². The molecule has 112 valence electrons. The molecule has 0 aliphatic carbocycles. The van der Waals surface area contributed by atoms with Gasteiger partial charge in [-0.2, -0.15) is 15.0 Å². The van der Waals surface area contributed by atoms with Crippen LogP contribution in [-0.4, -0.2) is 45.1 Å². The maximum Gasteiger partial charge on any atom is 0.319 e. The lowest BCUT2D eigenvalue weighted by atomic mass is 10.5. The topological polar surface area (TPSA) is 101 Å². The second-order valence-electron chi connectivity index (χ2n) is 4.50. The normalized spacial score (nSPS) is 10.2. The van der Waals surface area contributed by atoms with Gasteiger partial charge in [0.2, 0.25) is 5.95 Å². The first-order valence-corrected chi connectivity index (χ1v) is 6.51. The molecule has 0 saturated heterocycles. The largest absolute Gasteiger partial charge is 0.347 e. The summed E-state index contributed by atoms with van der Waals surface area (Å²) < 4.78 is 0. The smallest absolute Gasteiger partial charge is 0.319 e. The average molecular weight is 290 g/mol. The Labute approximate surface area is 122 Å². The van der Waals surface area contributed by atoms with E-state index in [1.165, 1.54) is 0 Å². The molecule has 2 amide bonds. The van der Waals surface area contributed by atoms with Crippen molar-refractivity contribution in [2.75, 3.05) is 24.3 Å². The highest BCUT2D eigenvalue weighted by molar-refractivity contribution is 5.88. The number of hydrogen-bond donors (Lipinski definition) is 2. The highest BCUT2D eigenvalue weighted by Crippen LogP contribution is 2.07. The Hall–Kier alpha value is -2.71. The standard InChI is InChI=1S/C12H18N8O/c1-4-20-16-8-10(18-20)7-15-12(21)17-9-5-13-11(14-6-9)19(2)3/h5-6,8H,4,7H2,1-3H3,(H2,15,17,21). The molecule has 0 bridgehead atoms. The van der Waals surface area contributed by atoms with Crippen molar-refractivity contribution in [3.8, 4) is 0 Å². The van der Waals surface area contributed by atoms with Crippen LogP contribution in [0.15, 0.2) is 18.6 Å². The van der Waals surface area contributed by atoms with Crippen molar-refractivity contribution >= 4 is 17.7 Å². The summed E-state index contributed by atoms with van der Waals surface area (Å²) in [5, 5.41) is 13.5. The van der Waals surface area contributed by atoms with Crippen LogP contribution in [0.2, 0.25) is 0 Å². The summed E-state index contributed by atoms with van der Waals surface area (Å²) in [5.41, 5.74) is 1.22. The molecule has 2 heterocycles. The summed E-state index contributed by atoms with van der Waals surface area (Å²) in [6.45, 7) is 2.95. The molecule has 9 nitrogen and oxygen atoms in total. The van der Waals surface area contributed by atoms with Gasteiger partial charge in [0.1, 0.15) is 5.69 Å². The number of carbonyl (C=O) groups is 1. The van der Waals surface area contributed by atoms with E-state index in [0.717, 1.165) is 0 Å². The molecule has 0 aliphatic heterocycles. The van der Waals surface area contributed by atoms with Crippen molar-refractivity contribution in [2.45, 2.75) is 20.0 Å². The predicted octanol–water partition coefficient (Wildman–Crippen LogP) is 0.476. The lowest BCUT2D eigenvalue weighted by molar-refractivity contribution is 0.251. The first-order valence-electron chi connectivity index (χ1n) is 6.51. The Morgan fingerprint density at radius 2 is 2.00 bits per heavy atom. The van der Waals surface area contributed by atoms with Gasteiger partial charge in [0.25, 0.3) is 0 Å². The van der Waals surface area contributed by atoms with E-state index in [0.29, 0.717) is 30.4 Å². The zero-order valence-electron chi connectivity index (χ0n) is 12.2. The van der Waals surface area contributed by atoms with E-state index < -0.39 is 0 Å². The lowest BCUT2D eigenvalue weighted by Crippen LogP contribution is -2.28. The van der Waals surface area contributed by atoms with Gasteiger partial charge in [-0.25, -0.2) is 14.8 Å². The fourth-order valence-electron chi connectivity index (χ4n) is 1.53. The summed E-state index contributed by atoms with van der Waals surface area (Å²) in [4.78, 5) is 23.3. The van der Waals surface area contributed by atoms with Crippen LogP contribution in [0.3, 0.4) is 0 Å². The van der Waals surface area contributed by atoms with Crippen molar-refractivity contribution in [1.29, 1.82) is 0 Å². The van der Waals surface area contributed by atoms with Crippen molar-refractivity contribution in [3.63, 3.8) is 0 Å². The molecule has 9 heteroatoms. The van der Waals surface area contributed by atoms with Crippen LogP contribution in [0.1, 0.15) is 12.6 Å². The van der Waals surface area contributed by atoms with Gasteiger partial charge in [0.15, 0.2) is 0 Å². The molecule has 21 heavy (non-hydrogen) atoms. The molecule has 0 saturated carbocycles. The van der Waals surface area contributed by atoms with Gasteiger partial charge >= 0.3 is 6.03 Å². The molecule has 2 rings (SSSR count). The molecule has 2 N–H and O–H groups in total. The number of carbonyl (C=O) groups excluding carboxylic acids is 1. The fourth-order valence-corrected chi connectivity index (χ4v) is 1.53. The van der Waals surface area contributed by atoms with Crippen LogP contribution >= 0.6 is 0 Å². The Bertz CT molecular complexity index is 592. The molecule has 0 aliphatic rings. The van der Waals surface area contributed by atoms with Gasteiger partial charge in [-0.05, 0) is 6.92 Å². The van der Waals surface area contributed by atoms with Gasteiger partial charge in [0.05, 0.1) is 37.4 Å². The highest BCUT2D eigenvalue weighted by Gasteiger charge is 2.05.